The van der Waals surface area contributed by atoms with Gasteiger partial charge in [-0.15, -0.1) is 0 Å². The molecule has 0 N–H and O–H groups in total. The van der Waals surface area contributed by atoms with Crippen molar-refractivity contribution in [2.45, 2.75) is 25.7 Å². The van der Waals surface area contributed by atoms with Gasteiger partial charge in [-0.2, -0.15) is 0 Å². The van der Waals surface area contributed by atoms with E-state index in [1.54, 1.807) is 18.2 Å². The Morgan fingerprint density at radius 3 is 1.97 bits per heavy atom. The van der Waals surface area contributed by atoms with E-state index in [1.807, 2.05) is 17.0 Å². The number of fused-ring (bicyclic) bond motifs is 1. The van der Waals surface area contributed by atoms with E-state index in [4.69, 9.17) is 23.2 Å². The Bertz CT molecular complexity index is 1140. The molecule has 2 atom stereocenters. The van der Waals surface area contributed by atoms with Gasteiger partial charge in [-0.25, -0.2) is 4.90 Å². The third-order valence-electron chi connectivity index (χ3n) is 7.14. The van der Waals surface area contributed by atoms with E-state index in [2.05, 4.69) is 4.90 Å². The number of carbonyl (C=O) groups is 2. The molecule has 2 aromatic rings. The summed E-state index contributed by atoms with van der Waals surface area (Å²) >= 11 is 12.2. The maximum absolute atomic E-state index is 12.9. The van der Waals surface area contributed by atoms with Crippen molar-refractivity contribution in [1.29, 1.82) is 0 Å². The zero-order valence-electron chi connectivity index (χ0n) is 18.5. The number of benzene rings is 2. The molecule has 34 heavy (non-hydrogen) atoms. The molecule has 5 rings (SSSR count). The van der Waals surface area contributed by atoms with Crippen LogP contribution in [0.5, 0.6) is 0 Å². The lowest BCUT2D eigenvalue weighted by molar-refractivity contribution is -0.384. The first kappa shape index (κ1) is 22.9. The lowest BCUT2D eigenvalue weighted by atomic mass is 9.81. The van der Waals surface area contributed by atoms with Crippen LogP contribution in [-0.4, -0.2) is 42.9 Å². The number of nitrogens with zero attached hydrogens (tertiary/aromatic N) is 4. The van der Waals surface area contributed by atoms with Crippen LogP contribution in [0.2, 0.25) is 10.0 Å². The number of hydrogen-bond acceptors (Lipinski definition) is 6. The molecule has 2 amide bonds. The predicted molar refractivity (Wildman–Crippen MR) is 132 cm³/mol. The Kier molecular flexibility index (Phi) is 6.12. The fraction of sp³-hybridized carbons (Fsp3) is 0.417. The van der Waals surface area contributed by atoms with Gasteiger partial charge in [-0.1, -0.05) is 36.0 Å². The first-order valence-electron chi connectivity index (χ1n) is 11.5. The summed E-state index contributed by atoms with van der Waals surface area (Å²) in [5.41, 5.74) is 1.62. The Labute approximate surface area is 207 Å². The average molecular weight is 503 g/mol. The number of amides is 2. The molecular weight excluding hydrogens is 479 g/mol. The van der Waals surface area contributed by atoms with Crippen LogP contribution in [0.15, 0.2) is 36.4 Å². The summed E-state index contributed by atoms with van der Waals surface area (Å²) in [7, 11) is 0. The highest BCUT2D eigenvalue weighted by molar-refractivity contribution is 6.42. The number of imide groups is 1. The Morgan fingerprint density at radius 1 is 0.794 bits per heavy atom. The third-order valence-corrected chi connectivity index (χ3v) is 7.88. The van der Waals surface area contributed by atoms with Crippen LogP contribution < -0.4 is 14.7 Å². The summed E-state index contributed by atoms with van der Waals surface area (Å²) in [4.78, 5) is 42.7. The molecule has 2 heterocycles. The second-order valence-electron chi connectivity index (χ2n) is 9.01. The van der Waals surface area contributed by atoms with Crippen molar-refractivity contribution in [2.24, 2.45) is 11.8 Å². The molecule has 178 valence electrons. The fourth-order valence-corrected chi connectivity index (χ4v) is 5.66. The summed E-state index contributed by atoms with van der Waals surface area (Å²) < 4.78 is 0. The van der Waals surface area contributed by atoms with Crippen molar-refractivity contribution >= 4 is 57.8 Å². The van der Waals surface area contributed by atoms with Gasteiger partial charge in [0.15, 0.2) is 0 Å². The Morgan fingerprint density at radius 2 is 1.38 bits per heavy atom. The Hall–Kier alpha value is -2.84. The topological polar surface area (TPSA) is 87.0 Å². The molecule has 0 spiro atoms. The molecular formula is C24H24Cl2N4O4. The van der Waals surface area contributed by atoms with E-state index < -0.39 is 4.92 Å². The van der Waals surface area contributed by atoms with Crippen LogP contribution in [-0.2, 0) is 9.59 Å². The standard InChI is InChI=1S/C24H24Cl2N4O4/c25-19-7-5-15(13-20(19)26)27-9-11-28(12-10-27)21-8-6-16(14-22(21)30(33)34)29-23(31)17-3-1-2-4-18(17)24(29)32/h5-8,13-14,17-18H,1-4,9-12H2. The molecule has 0 aromatic heterocycles. The van der Waals surface area contributed by atoms with E-state index in [-0.39, 0.29) is 35.0 Å². The predicted octanol–water partition coefficient (Wildman–Crippen LogP) is 4.91. The minimum absolute atomic E-state index is 0.101. The van der Waals surface area contributed by atoms with Crippen molar-refractivity contribution in [1.82, 2.24) is 0 Å². The second kappa shape index (κ2) is 9.07. The lowest BCUT2D eigenvalue weighted by Gasteiger charge is -2.37. The highest BCUT2D eigenvalue weighted by Gasteiger charge is 2.49. The Balaban J connectivity index is 1.36. The maximum Gasteiger partial charge on any atom is 0.294 e. The minimum Gasteiger partial charge on any atom is -0.368 e. The smallest absolute Gasteiger partial charge is 0.294 e. The van der Waals surface area contributed by atoms with Crippen LogP contribution in [0.4, 0.5) is 22.7 Å². The zero-order valence-corrected chi connectivity index (χ0v) is 20.0. The van der Waals surface area contributed by atoms with Crippen molar-refractivity contribution in [3.63, 3.8) is 0 Å². The molecule has 2 unspecified atom stereocenters. The number of anilines is 3. The highest BCUT2D eigenvalue weighted by Crippen LogP contribution is 2.42. The SMILES string of the molecule is O=C1C2CCCCC2C(=O)N1c1ccc(N2CCN(c3ccc(Cl)c(Cl)c3)CC2)c([N+](=O)[O-])c1. The van der Waals surface area contributed by atoms with Gasteiger partial charge in [-0.05, 0) is 43.2 Å². The molecule has 3 aliphatic rings. The van der Waals surface area contributed by atoms with Gasteiger partial charge in [0.1, 0.15) is 5.69 Å². The molecule has 0 bridgehead atoms. The number of halogens is 2. The van der Waals surface area contributed by atoms with E-state index >= 15 is 0 Å². The van der Waals surface area contributed by atoms with Crippen molar-refractivity contribution in [2.75, 3.05) is 40.9 Å². The maximum atomic E-state index is 12.9. The van der Waals surface area contributed by atoms with E-state index in [9.17, 15) is 19.7 Å². The van der Waals surface area contributed by atoms with Crippen molar-refractivity contribution in [3.8, 4) is 0 Å². The molecule has 0 radical (unpaired) electrons. The van der Waals surface area contributed by atoms with Gasteiger partial charge in [0.2, 0.25) is 11.8 Å². The minimum atomic E-state index is -0.442. The number of hydrogen-bond donors (Lipinski definition) is 0. The van der Waals surface area contributed by atoms with Crippen LogP contribution in [0, 0.1) is 22.0 Å². The summed E-state index contributed by atoms with van der Waals surface area (Å²) in [5, 5.41) is 12.9. The molecule has 10 heteroatoms. The quantitative estimate of drug-likeness (QED) is 0.335. The second-order valence-corrected chi connectivity index (χ2v) is 9.83. The van der Waals surface area contributed by atoms with E-state index in [0.717, 1.165) is 18.5 Å². The van der Waals surface area contributed by atoms with Crippen LogP contribution in [0.25, 0.3) is 0 Å². The zero-order chi connectivity index (χ0) is 24.0. The van der Waals surface area contributed by atoms with Gasteiger partial charge in [0, 0.05) is 37.9 Å². The van der Waals surface area contributed by atoms with Crippen LogP contribution in [0.1, 0.15) is 25.7 Å². The summed E-state index contributed by atoms with van der Waals surface area (Å²) in [6.07, 6.45) is 3.27. The monoisotopic (exact) mass is 502 g/mol. The lowest BCUT2D eigenvalue weighted by Crippen LogP contribution is -2.46. The molecule has 2 saturated heterocycles. The largest absolute Gasteiger partial charge is 0.368 e. The molecule has 8 nitrogen and oxygen atoms in total. The number of piperazine rings is 1. The normalized spacial score (nSPS) is 22.8. The number of rotatable bonds is 4. The molecule has 2 aliphatic heterocycles. The summed E-state index contributed by atoms with van der Waals surface area (Å²) in [6.45, 7) is 2.46. The average Bonchev–Trinajstić information content (AvgIpc) is 3.10. The van der Waals surface area contributed by atoms with Gasteiger partial charge in [0.05, 0.1) is 32.5 Å². The van der Waals surface area contributed by atoms with Gasteiger partial charge < -0.3 is 9.80 Å². The van der Waals surface area contributed by atoms with Crippen molar-refractivity contribution in [3.05, 3.63) is 56.6 Å². The fourth-order valence-electron chi connectivity index (χ4n) is 5.37. The van der Waals surface area contributed by atoms with Gasteiger partial charge in [-0.3, -0.25) is 19.7 Å². The summed E-state index contributed by atoms with van der Waals surface area (Å²) in [6, 6.07) is 10.2. The number of nitro groups is 1. The first-order chi connectivity index (χ1) is 16.3. The molecule has 3 fully saturated rings. The number of carbonyl (C=O) groups excluding carboxylic acids is 2. The highest BCUT2D eigenvalue weighted by atomic mass is 35.5. The van der Waals surface area contributed by atoms with Crippen LogP contribution >= 0.6 is 23.2 Å². The first-order valence-corrected chi connectivity index (χ1v) is 12.2. The third kappa shape index (κ3) is 3.99. The summed E-state index contributed by atoms with van der Waals surface area (Å²) in [5.74, 6) is -1.05. The molecule has 2 aromatic carbocycles. The van der Waals surface area contributed by atoms with Crippen LogP contribution in [0.3, 0.4) is 0 Å². The van der Waals surface area contributed by atoms with Gasteiger partial charge >= 0.3 is 0 Å². The van der Waals surface area contributed by atoms with Gasteiger partial charge in [0.25, 0.3) is 5.69 Å². The number of nitro benzene ring substituents is 1. The van der Waals surface area contributed by atoms with E-state index in [0.29, 0.717) is 54.8 Å². The van der Waals surface area contributed by atoms with Crippen molar-refractivity contribution < 1.29 is 14.5 Å². The molecule has 1 saturated carbocycles. The van der Waals surface area contributed by atoms with E-state index in [1.165, 1.54) is 11.0 Å². The molecule has 1 aliphatic carbocycles.